The Labute approximate surface area is 138 Å². The summed E-state index contributed by atoms with van der Waals surface area (Å²) >= 11 is 0. The summed E-state index contributed by atoms with van der Waals surface area (Å²) in [4.78, 5) is 19.3. The van der Waals surface area contributed by atoms with Crippen molar-refractivity contribution >= 4 is 5.91 Å². The minimum Gasteiger partial charge on any atom is -0.395 e. The Morgan fingerprint density at radius 1 is 1.09 bits per heavy atom. The Balaban J connectivity index is 1.51. The van der Waals surface area contributed by atoms with E-state index in [2.05, 4.69) is 26.8 Å². The zero-order valence-corrected chi connectivity index (χ0v) is 13.7. The van der Waals surface area contributed by atoms with Crippen molar-refractivity contribution in [3.05, 3.63) is 35.9 Å². The minimum atomic E-state index is 0.214. The van der Waals surface area contributed by atoms with E-state index in [0.29, 0.717) is 12.6 Å². The molecule has 1 aromatic rings. The molecule has 3 rings (SSSR count). The zero-order chi connectivity index (χ0) is 16.1. The van der Waals surface area contributed by atoms with E-state index in [-0.39, 0.29) is 12.5 Å². The number of hydrogen-bond acceptors (Lipinski definition) is 4. The molecule has 1 saturated heterocycles. The Morgan fingerprint density at radius 2 is 1.74 bits per heavy atom. The summed E-state index contributed by atoms with van der Waals surface area (Å²) in [5.41, 5.74) is 1.21. The van der Waals surface area contributed by atoms with E-state index in [1.54, 1.807) is 0 Å². The number of amides is 1. The molecule has 0 aromatic heterocycles. The lowest BCUT2D eigenvalue weighted by molar-refractivity contribution is -0.134. The first-order valence-corrected chi connectivity index (χ1v) is 8.65. The van der Waals surface area contributed by atoms with Crippen LogP contribution in [0.2, 0.25) is 0 Å². The van der Waals surface area contributed by atoms with Crippen molar-refractivity contribution in [3.63, 3.8) is 0 Å². The number of hydrogen-bond donors (Lipinski definition) is 1. The summed E-state index contributed by atoms with van der Waals surface area (Å²) in [6, 6.07) is 10.7. The molecule has 126 valence electrons. The number of piperazine rings is 1. The fraction of sp³-hybridized carbons (Fsp3) is 0.611. The largest absolute Gasteiger partial charge is 0.395 e. The third kappa shape index (κ3) is 4.77. The Bertz CT molecular complexity index is 496. The van der Waals surface area contributed by atoms with Gasteiger partial charge in [-0.05, 0) is 18.4 Å². The number of rotatable bonds is 7. The van der Waals surface area contributed by atoms with Gasteiger partial charge in [0.2, 0.25) is 5.91 Å². The van der Waals surface area contributed by atoms with Crippen LogP contribution in [-0.4, -0.2) is 77.6 Å². The van der Waals surface area contributed by atoms with Gasteiger partial charge in [0, 0.05) is 45.3 Å². The topological polar surface area (TPSA) is 47.0 Å². The van der Waals surface area contributed by atoms with E-state index < -0.39 is 0 Å². The summed E-state index contributed by atoms with van der Waals surface area (Å²) in [5.74, 6) is 0.256. The van der Waals surface area contributed by atoms with Crippen LogP contribution in [0.5, 0.6) is 0 Å². The zero-order valence-electron chi connectivity index (χ0n) is 13.7. The third-order valence-electron chi connectivity index (χ3n) is 4.74. The molecule has 0 atom stereocenters. The normalized spacial score (nSPS) is 19.7. The van der Waals surface area contributed by atoms with Crippen molar-refractivity contribution in [2.24, 2.45) is 0 Å². The number of aliphatic hydroxyl groups is 1. The van der Waals surface area contributed by atoms with Crippen molar-refractivity contribution in [1.29, 1.82) is 0 Å². The maximum absolute atomic E-state index is 12.7. The molecule has 23 heavy (non-hydrogen) atoms. The van der Waals surface area contributed by atoms with E-state index >= 15 is 0 Å². The van der Waals surface area contributed by atoms with Crippen molar-refractivity contribution in [1.82, 2.24) is 14.7 Å². The van der Waals surface area contributed by atoms with Gasteiger partial charge >= 0.3 is 0 Å². The standard InChI is InChI=1S/C18H27N3O2/c22-13-12-19-8-10-20(11-9-19)15-18(23)21(17-6-7-17)14-16-4-2-1-3-5-16/h1-5,17,22H,6-15H2. The Hall–Kier alpha value is -1.43. The average Bonchev–Trinajstić information content (AvgIpc) is 3.40. The second-order valence-corrected chi connectivity index (χ2v) is 6.58. The highest BCUT2D eigenvalue weighted by Crippen LogP contribution is 2.28. The first-order chi connectivity index (χ1) is 11.3. The number of β-amino-alcohol motifs (C(OH)–C–C–N with tert-alkyl or cyclic N) is 1. The van der Waals surface area contributed by atoms with Crippen molar-refractivity contribution in [2.45, 2.75) is 25.4 Å². The summed E-state index contributed by atoms with van der Waals surface area (Å²) in [6.45, 7) is 5.91. The summed E-state index contributed by atoms with van der Waals surface area (Å²) in [7, 11) is 0. The van der Waals surface area contributed by atoms with Gasteiger partial charge in [-0.3, -0.25) is 14.6 Å². The SMILES string of the molecule is O=C(CN1CCN(CCO)CC1)N(Cc1ccccc1)C1CC1. The maximum Gasteiger partial charge on any atom is 0.237 e. The van der Waals surface area contributed by atoms with Gasteiger partial charge < -0.3 is 10.0 Å². The molecule has 5 nitrogen and oxygen atoms in total. The lowest BCUT2D eigenvalue weighted by atomic mass is 10.2. The van der Waals surface area contributed by atoms with Crippen LogP contribution in [0.1, 0.15) is 18.4 Å². The fourth-order valence-corrected chi connectivity index (χ4v) is 3.18. The van der Waals surface area contributed by atoms with E-state index in [9.17, 15) is 4.79 Å². The molecule has 1 heterocycles. The first kappa shape index (κ1) is 16.4. The van der Waals surface area contributed by atoms with Crippen LogP contribution in [0.25, 0.3) is 0 Å². The first-order valence-electron chi connectivity index (χ1n) is 8.65. The van der Waals surface area contributed by atoms with Crippen molar-refractivity contribution in [3.8, 4) is 0 Å². The van der Waals surface area contributed by atoms with Crippen LogP contribution >= 0.6 is 0 Å². The average molecular weight is 317 g/mol. The van der Waals surface area contributed by atoms with Crippen molar-refractivity contribution in [2.75, 3.05) is 45.9 Å². The van der Waals surface area contributed by atoms with Gasteiger partial charge in [-0.15, -0.1) is 0 Å². The van der Waals surface area contributed by atoms with Gasteiger partial charge in [-0.1, -0.05) is 30.3 Å². The second-order valence-electron chi connectivity index (χ2n) is 6.58. The summed E-state index contributed by atoms with van der Waals surface area (Å²) in [6.07, 6.45) is 2.28. The van der Waals surface area contributed by atoms with Crippen LogP contribution < -0.4 is 0 Å². The molecule has 1 amide bonds. The summed E-state index contributed by atoms with van der Waals surface area (Å²) in [5, 5.41) is 8.99. The number of carbonyl (C=O) groups is 1. The van der Waals surface area contributed by atoms with Crippen molar-refractivity contribution < 1.29 is 9.90 Å². The highest BCUT2D eigenvalue weighted by atomic mass is 16.3. The van der Waals surface area contributed by atoms with E-state index in [0.717, 1.165) is 52.1 Å². The van der Waals surface area contributed by atoms with Crippen LogP contribution in [0.15, 0.2) is 30.3 Å². The molecular weight excluding hydrogens is 290 g/mol. The summed E-state index contributed by atoms with van der Waals surface area (Å²) < 4.78 is 0. The molecule has 2 fully saturated rings. The number of aliphatic hydroxyl groups excluding tert-OH is 1. The van der Waals surface area contributed by atoms with E-state index in [4.69, 9.17) is 5.11 Å². The van der Waals surface area contributed by atoms with Gasteiger partial charge in [-0.25, -0.2) is 0 Å². The molecule has 1 aromatic carbocycles. The molecule has 1 aliphatic heterocycles. The third-order valence-corrected chi connectivity index (χ3v) is 4.74. The number of benzene rings is 1. The monoisotopic (exact) mass is 317 g/mol. The molecule has 0 spiro atoms. The predicted octanol–water partition coefficient (Wildman–Crippen LogP) is 0.788. The fourth-order valence-electron chi connectivity index (χ4n) is 3.18. The van der Waals surface area contributed by atoms with Gasteiger partial charge in [0.1, 0.15) is 0 Å². The van der Waals surface area contributed by atoms with Crippen LogP contribution in [-0.2, 0) is 11.3 Å². The molecule has 0 unspecified atom stereocenters. The predicted molar refractivity (Wildman–Crippen MR) is 90.0 cm³/mol. The number of nitrogens with zero attached hydrogens (tertiary/aromatic N) is 3. The molecule has 5 heteroatoms. The molecule has 2 aliphatic rings. The van der Waals surface area contributed by atoms with Gasteiger partial charge in [0.25, 0.3) is 0 Å². The molecular formula is C18H27N3O2. The van der Waals surface area contributed by atoms with E-state index in [1.807, 2.05) is 18.2 Å². The highest BCUT2D eigenvalue weighted by Gasteiger charge is 2.33. The highest BCUT2D eigenvalue weighted by molar-refractivity contribution is 5.79. The maximum atomic E-state index is 12.7. The lowest BCUT2D eigenvalue weighted by Crippen LogP contribution is -2.50. The molecule has 0 radical (unpaired) electrons. The second kappa shape index (κ2) is 7.90. The van der Waals surface area contributed by atoms with Crippen LogP contribution in [0.4, 0.5) is 0 Å². The van der Waals surface area contributed by atoms with Gasteiger partial charge in [0.15, 0.2) is 0 Å². The van der Waals surface area contributed by atoms with Crippen LogP contribution in [0, 0.1) is 0 Å². The van der Waals surface area contributed by atoms with E-state index in [1.165, 1.54) is 5.56 Å². The molecule has 1 aliphatic carbocycles. The van der Waals surface area contributed by atoms with Crippen LogP contribution in [0.3, 0.4) is 0 Å². The Morgan fingerprint density at radius 3 is 2.35 bits per heavy atom. The molecule has 1 saturated carbocycles. The number of carbonyl (C=O) groups excluding carboxylic acids is 1. The molecule has 0 bridgehead atoms. The quantitative estimate of drug-likeness (QED) is 0.808. The minimum absolute atomic E-state index is 0.214. The van der Waals surface area contributed by atoms with Gasteiger partial charge in [-0.2, -0.15) is 0 Å². The van der Waals surface area contributed by atoms with Gasteiger partial charge in [0.05, 0.1) is 13.2 Å². The smallest absolute Gasteiger partial charge is 0.237 e. The lowest BCUT2D eigenvalue weighted by Gasteiger charge is -2.35. The molecule has 1 N–H and O–H groups in total. The Kier molecular flexibility index (Phi) is 5.65.